The summed E-state index contributed by atoms with van der Waals surface area (Å²) in [6.07, 6.45) is 0. The van der Waals surface area contributed by atoms with Gasteiger partial charge in [0, 0.05) is 0 Å². The van der Waals surface area contributed by atoms with Gasteiger partial charge in [-0.25, -0.2) is 29.9 Å². The lowest BCUT2D eigenvalue weighted by atomic mass is 10.1. The molecule has 5 rings (SSSR count). The maximum Gasteiger partial charge on any atom is 0.176 e. The summed E-state index contributed by atoms with van der Waals surface area (Å²) in [6.45, 7) is 0. The SMILES string of the molecule is N#CC1=C(C#N)c2nc1nc1nc(nc3[nH]c(nc4[nH]c(n2)c(C#N)c4C#N)c(C#N)c3C#N)C(C#N)=C1C#N. The van der Waals surface area contributed by atoms with E-state index in [2.05, 4.69) is 39.9 Å². The van der Waals surface area contributed by atoms with Gasteiger partial charge < -0.3 is 9.97 Å². The van der Waals surface area contributed by atoms with Crippen LogP contribution in [0, 0.1) is 90.6 Å². The molecule has 0 unspecified atom stereocenters. The topological polar surface area (TPSA) is 299 Å². The third-order valence-corrected chi connectivity index (χ3v) is 5.50. The molecular formula is C24H2N16. The first kappa shape index (κ1) is 24.0. The number of allylic oxidation sites excluding steroid dienone is 4. The molecular weight excluding hydrogens is 512 g/mol. The highest BCUT2D eigenvalue weighted by Crippen LogP contribution is 2.30. The highest BCUT2D eigenvalue weighted by atomic mass is 15.1. The predicted octanol–water partition coefficient (Wildman–Crippen LogP) is 1.30. The van der Waals surface area contributed by atoms with E-state index < -0.39 is 0 Å². The Morgan fingerprint density at radius 1 is 0.325 bits per heavy atom. The highest BCUT2D eigenvalue weighted by Gasteiger charge is 2.28. The standard InChI is InChI=1S/C24H2N16/c25-1-9-10(2-26)18-33-17(9)37-19-11(3-27)12(4-28)21(34-19)39-23-15(7-31)16(8-32)24(36-23)40-22-14(6-30)13(5-29)20(35-22)38-18/h(H2,33,34,35,36,37,38,39,40). The van der Waals surface area contributed by atoms with E-state index >= 15 is 0 Å². The molecule has 0 saturated heterocycles. The molecule has 8 bridgehead atoms. The molecule has 178 valence electrons. The number of aromatic amines is 2. The molecule has 3 aromatic rings. The quantitative estimate of drug-likeness (QED) is 0.427. The minimum atomic E-state index is -0.364. The summed E-state index contributed by atoms with van der Waals surface area (Å²) in [5, 5.41) is 77.8. The van der Waals surface area contributed by atoms with Crippen molar-refractivity contribution in [1.82, 2.24) is 39.9 Å². The average Bonchev–Trinajstić information content (AvgIpc) is 3.67. The van der Waals surface area contributed by atoms with E-state index in [1.165, 1.54) is 0 Å². The van der Waals surface area contributed by atoms with Gasteiger partial charge in [0.1, 0.15) is 93.1 Å². The lowest BCUT2D eigenvalue weighted by Gasteiger charge is -1.90. The van der Waals surface area contributed by atoms with Crippen molar-refractivity contribution >= 4 is 44.9 Å². The fraction of sp³-hybridized carbons (Fsp3) is 0. The number of nitriles is 8. The van der Waals surface area contributed by atoms with Gasteiger partial charge >= 0.3 is 0 Å². The third kappa shape index (κ3) is 3.32. The molecule has 40 heavy (non-hydrogen) atoms. The van der Waals surface area contributed by atoms with Crippen LogP contribution in [0.25, 0.3) is 44.9 Å². The molecule has 16 nitrogen and oxygen atoms in total. The van der Waals surface area contributed by atoms with Gasteiger partial charge in [-0.1, -0.05) is 0 Å². The van der Waals surface area contributed by atoms with Crippen LogP contribution in [0.4, 0.5) is 0 Å². The Kier molecular flexibility index (Phi) is 5.41. The molecule has 0 fully saturated rings. The smallest absolute Gasteiger partial charge is 0.176 e. The number of nitrogens with one attached hydrogen (secondary N) is 2. The maximum atomic E-state index is 9.74. The molecule has 5 heterocycles. The summed E-state index contributed by atoms with van der Waals surface area (Å²) in [5.41, 5.74) is -3.37. The third-order valence-electron chi connectivity index (χ3n) is 5.50. The van der Waals surface area contributed by atoms with Gasteiger partial charge in [-0.3, -0.25) is 0 Å². The number of fused-ring (bicyclic) bond motifs is 8. The number of H-pyrrole nitrogens is 2. The van der Waals surface area contributed by atoms with Crippen LogP contribution in [0.15, 0.2) is 0 Å². The Morgan fingerprint density at radius 2 is 0.575 bits per heavy atom. The van der Waals surface area contributed by atoms with Crippen LogP contribution in [0.2, 0.25) is 0 Å². The van der Waals surface area contributed by atoms with Crippen molar-refractivity contribution in [2.45, 2.75) is 0 Å². The molecule has 0 spiro atoms. The Balaban J connectivity index is 2.12. The van der Waals surface area contributed by atoms with E-state index in [0.29, 0.717) is 0 Å². The maximum absolute atomic E-state index is 9.74. The second-order valence-corrected chi connectivity index (χ2v) is 7.50. The lowest BCUT2D eigenvalue weighted by molar-refractivity contribution is 1.06. The van der Waals surface area contributed by atoms with Gasteiger partial charge in [-0.15, -0.1) is 0 Å². The fourth-order valence-corrected chi connectivity index (χ4v) is 3.76. The number of rotatable bonds is 0. The Morgan fingerprint density at radius 3 is 0.825 bits per heavy atom. The van der Waals surface area contributed by atoms with Crippen LogP contribution in [-0.2, 0) is 0 Å². The van der Waals surface area contributed by atoms with Crippen LogP contribution in [-0.4, -0.2) is 39.9 Å². The molecule has 0 aromatic carbocycles. The summed E-state index contributed by atoms with van der Waals surface area (Å²) in [5.74, 6) is -1.42. The molecule has 2 N–H and O–H groups in total. The first-order chi connectivity index (χ1) is 19.5. The Labute approximate surface area is 221 Å². The summed E-state index contributed by atoms with van der Waals surface area (Å²) in [4.78, 5) is 30.2. The summed E-state index contributed by atoms with van der Waals surface area (Å²) >= 11 is 0. The van der Waals surface area contributed by atoms with Gasteiger partial charge in [0.25, 0.3) is 0 Å². The minimum absolute atomic E-state index is 0.229. The molecule has 16 heteroatoms. The molecule has 0 aliphatic carbocycles. The van der Waals surface area contributed by atoms with Crippen LogP contribution in [0.1, 0.15) is 45.6 Å². The van der Waals surface area contributed by atoms with Crippen molar-refractivity contribution in [3.8, 4) is 48.6 Å². The monoisotopic (exact) mass is 514 g/mol. The van der Waals surface area contributed by atoms with Crippen LogP contribution in [0.5, 0.6) is 0 Å². The first-order valence-electron chi connectivity index (χ1n) is 10.5. The van der Waals surface area contributed by atoms with E-state index in [0.717, 1.165) is 0 Å². The molecule has 0 atom stereocenters. The van der Waals surface area contributed by atoms with Crippen LogP contribution in [0.3, 0.4) is 0 Å². The van der Waals surface area contributed by atoms with Gasteiger partial charge in [-0.2, -0.15) is 42.1 Å². The summed E-state index contributed by atoms with van der Waals surface area (Å²) in [7, 11) is 0. The van der Waals surface area contributed by atoms with Gasteiger partial charge in [0.15, 0.2) is 45.9 Å². The second-order valence-electron chi connectivity index (χ2n) is 7.50. The average molecular weight is 514 g/mol. The molecule has 0 radical (unpaired) electrons. The molecule has 0 saturated carbocycles. The van der Waals surface area contributed by atoms with Gasteiger partial charge in [0.2, 0.25) is 0 Å². The lowest BCUT2D eigenvalue weighted by Crippen LogP contribution is -1.92. The Bertz CT molecular complexity index is 2150. The summed E-state index contributed by atoms with van der Waals surface area (Å²) in [6, 6.07) is 14.4. The van der Waals surface area contributed by atoms with Gasteiger partial charge in [-0.05, 0) is 0 Å². The summed E-state index contributed by atoms with van der Waals surface area (Å²) < 4.78 is 0. The zero-order valence-electron chi connectivity index (χ0n) is 19.3. The second kappa shape index (κ2) is 9.03. The zero-order chi connectivity index (χ0) is 28.6. The van der Waals surface area contributed by atoms with E-state index in [4.69, 9.17) is 0 Å². The van der Waals surface area contributed by atoms with Crippen molar-refractivity contribution in [3.63, 3.8) is 0 Å². The molecule has 3 aromatic heterocycles. The predicted molar refractivity (Wildman–Crippen MR) is 127 cm³/mol. The normalized spacial score (nSPS) is 11.6. The van der Waals surface area contributed by atoms with E-state index in [1.54, 1.807) is 24.3 Å². The number of hydrogen-bond acceptors (Lipinski definition) is 14. The van der Waals surface area contributed by atoms with Crippen LogP contribution >= 0.6 is 0 Å². The van der Waals surface area contributed by atoms with E-state index in [-0.39, 0.29) is 90.4 Å². The molecule has 2 aliphatic heterocycles. The number of aromatic nitrogens is 8. The van der Waals surface area contributed by atoms with Crippen molar-refractivity contribution < 1.29 is 0 Å². The van der Waals surface area contributed by atoms with E-state index in [9.17, 15) is 42.1 Å². The van der Waals surface area contributed by atoms with E-state index in [1.807, 2.05) is 24.3 Å². The number of hydrogen-bond donors (Lipinski definition) is 2. The van der Waals surface area contributed by atoms with Crippen molar-refractivity contribution in [2.24, 2.45) is 0 Å². The zero-order valence-corrected chi connectivity index (χ0v) is 19.3. The first-order valence-corrected chi connectivity index (χ1v) is 10.5. The fourth-order valence-electron chi connectivity index (χ4n) is 3.76. The molecule has 0 amide bonds. The van der Waals surface area contributed by atoms with Crippen molar-refractivity contribution in [3.05, 3.63) is 45.6 Å². The highest BCUT2D eigenvalue weighted by molar-refractivity contribution is 6.04. The Hall–Kier alpha value is -7.76. The number of nitrogens with zero attached hydrogens (tertiary/aromatic N) is 14. The largest absolute Gasteiger partial charge is 0.323 e. The van der Waals surface area contributed by atoms with Gasteiger partial charge in [0.05, 0.1) is 0 Å². The van der Waals surface area contributed by atoms with Crippen molar-refractivity contribution in [2.75, 3.05) is 0 Å². The minimum Gasteiger partial charge on any atom is -0.323 e. The van der Waals surface area contributed by atoms with Crippen LogP contribution < -0.4 is 0 Å². The molecule has 2 aliphatic rings. The van der Waals surface area contributed by atoms with Crippen molar-refractivity contribution in [1.29, 1.82) is 42.1 Å².